The SMILES string of the molecule is Cc1cc(Br)cnc1NC1CNC(=O)C1. The maximum Gasteiger partial charge on any atom is 0.222 e. The Morgan fingerprint density at radius 2 is 2.47 bits per heavy atom. The number of carbonyl (C=O) groups is 1. The average Bonchev–Trinajstić information content (AvgIpc) is 2.56. The number of amides is 1. The molecule has 0 bridgehead atoms. The van der Waals surface area contributed by atoms with Crippen molar-refractivity contribution in [3.63, 3.8) is 0 Å². The Labute approximate surface area is 96.6 Å². The van der Waals surface area contributed by atoms with Gasteiger partial charge in [-0.2, -0.15) is 0 Å². The molecule has 4 nitrogen and oxygen atoms in total. The summed E-state index contributed by atoms with van der Waals surface area (Å²) in [7, 11) is 0. The number of hydrogen-bond acceptors (Lipinski definition) is 3. The number of nitrogens with one attached hydrogen (secondary N) is 2. The minimum absolute atomic E-state index is 0.0993. The van der Waals surface area contributed by atoms with Gasteiger partial charge in [-0.15, -0.1) is 0 Å². The van der Waals surface area contributed by atoms with Crippen LogP contribution in [0.2, 0.25) is 0 Å². The molecule has 1 aliphatic heterocycles. The predicted octanol–water partition coefficient (Wildman–Crippen LogP) is 1.45. The molecule has 0 radical (unpaired) electrons. The predicted molar refractivity (Wildman–Crippen MR) is 61.7 cm³/mol. The average molecular weight is 270 g/mol. The molecular formula is C10H12BrN3O. The lowest BCUT2D eigenvalue weighted by molar-refractivity contribution is -0.119. The van der Waals surface area contributed by atoms with Crippen LogP contribution in [0.3, 0.4) is 0 Å². The first kappa shape index (κ1) is 10.4. The molecule has 5 heteroatoms. The fraction of sp³-hybridized carbons (Fsp3) is 0.400. The molecule has 0 aliphatic carbocycles. The number of aryl methyl sites for hydroxylation is 1. The second kappa shape index (κ2) is 4.18. The van der Waals surface area contributed by atoms with Gasteiger partial charge in [-0.3, -0.25) is 4.79 Å². The standard InChI is InChI=1S/C10H12BrN3O/c1-6-2-7(11)4-13-10(6)14-8-3-9(15)12-5-8/h2,4,8H,3,5H2,1H3,(H,12,15)(H,13,14). The summed E-state index contributed by atoms with van der Waals surface area (Å²) in [6, 6.07) is 2.16. The highest BCUT2D eigenvalue weighted by atomic mass is 79.9. The summed E-state index contributed by atoms with van der Waals surface area (Å²) in [5.41, 5.74) is 1.07. The summed E-state index contributed by atoms with van der Waals surface area (Å²) in [5.74, 6) is 0.946. The van der Waals surface area contributed by atoms with E-state index in [-0.39, 0.29) is 11.9 Å². The fourth-order valence-corrected chi connectivity index (χ4v) is 2.04. The molecule has 1 amide bonds. The maximum absolute atomic E-state index is 11.0. The van der Waals surface area contributed by atoms with Gasteiger partial charge in [0.2, 0.25) is 5.91 Å². The number of rotatable bonds is 2. The number of hydrogen-bond donors (Lipinski definition) is 2. The summed E-state index contributed by atoms with van der Waals surface area (Å²) in [4.78, 5) is 15.3. The fourth-order valence-electron chi connectivity index (χ4n) is 1.59. The van der Waals surface area contributed by atoms with E-state index in [0.717, 1.165) is 15.9 Å². The maximum atomic E-state index is 11.0. The second-order valence-corrected chi connectivity index (χ2v) is 4.58. The second-order valence-electron chi connectivity index (χ2n) is 3.67. The van der Waals surface area contributed by atoms with E-state index in [0.29, 0.717) is 13.0 Å². The molecule has 0 spiro atoms. The largest absolute Gasteiger partial charge is 0.365 e. The number of anilines is 1. The molecule has 2 heterocycles. The monoisotopic (exact) mass is 269 g/mol. The third-order valence-electron chi connectivity index (χ3n) is 2.36. The van der Waals surface area contributed by atoms with Gasteiger partial charge in [-0.05, 0) is 34.5 Å². The number of halogens is 1. The smallest absolute Gasteiger partial charge is 0.222 e. The Morgan fingerprint density at radius 3 is 3.07 bits per heavy atom. The molecule has 0 aromatic carbocycles. The summed E-state index contributed by atoms with van der Waals surface area (Å²) in [6.07, 6.45) is 2.27. The van der Waals surface area contributed by atoms with Gasteiger partial charge in [-0.25, -0.2) is 4.98 Å². The summed E-state index contributed by atoms with van der Waals surface area (Å²) < 4.78 is 0.964. The summed E-state index contributed by atoms with van der Waals surface area (Å²) in [6.45, 7) is 2.67. The Kier molecular flexibility index (Phi) is 2.90. The lowest BCUT2D eigenvalue weighted by atomic mass is 10.2. The van der Waals surface area contributed by atoms with Gasteiger partial charge >= 0.3 is 0 Å². The van der Waals surface area contributed by atoms with Crippen molar-refractivity contribution in [1.82, 2.24) is 10.3 Å². The van der Waals surface area contributed by atoms with Crippen molar-refractivity contribution in [3.05, 3.63) is 22.3 Å². The zero-order chi connectivity index (χ0) is 10.8. The highest BCUT2D eigenvalue weighted by Crippen LogP contribution is 2.18. The van der Waals surface area contributed by atoms with E-state index in [4.69, 9.17) is 0 Å². The topological polar surface area (TPSA) is 54.0 Å². The normalized spacial score (nSPS) is 20.1. The van der Waals surface area contributed by atoms with Gasteiger partial charge in [0.1, 0.15) is 5.82 Å². The summed E-state index contributed by atoms with van der Waals surface area (Å²) in [5, 5.41) is 6.03. The molecule has 1 atom stereocenters. The Bertz CT molecular complexity index is 394. The van der Waals surface area contributed by atoms with Gasteiger partial charge < -0.3 is 10.6 Å². The van der Waals surface area contributed by atoms with Crippen LogP contribution in [0.1, 0.15) is 12.0 Å². The lowest BCUT2D eigenvalue weighted by Crippen LogP contribution is -2.23. The molecule has 1 fully saturated rings. The molecule has 1 aromatic rings. The van der Waals surface area contributed by atoms with Gasteiger partial charge in [-0.1, -0.05) is 0 Å². The van der Waals surface area contributed by atoms with Gasteiger partial charge in [0.25, 0.3) is 0 Å². The number of pyridine rings is 1. The highest BCUT2D eigenvalue weighted by molar-refractivity contribution is 9.10. The van der Waals surface area contributed by atoms with E-state index in [2.05, 4.69) is 31.5 Å². The van der Waals surface area contributed by atoms with Crippen molar-refractivity contribution < 1.29 is 4.79 Å². The first-order valence-electron chi connectivity index (χ1n) is 4.80. The van der Waals surface area contributed by atoms with Crippen molar-refractivity contribution >= 4 is 27.7 Å². The molecule has 80 valence electrons. The first-order chi connectivity index (χ1) is 7.15. The van der Waals surface area contributed by atoms with Crippen molar-refractivity contribution in [1.29, 1.82) is 0 Å². The van der Waals surface area contributed by atoms with E-state index in [1.54, 1.807) is 6.20 Å². The molecule has 1 aromatic heterocycles. The minimum atomic E-state index is 0.0993. The molecule has 0 saturated carbocycles. The van der Waals surface area contributed by atoms with Crippen molar-refractivity contribution in [2.75, 3.05) is 11.9 Å². The first-order valence-corrected chi connectivity index (χ1v) is 5.60. The van der Waals surface area contributed by atoms with Crippen LogP contribution in [0.5, 0.6) is 0 Å². The van der Waals surface area contributed by atoms with Crippen molar-refractivity contribution in [2.45, 2.75) is 19.4 Å². The molecule has 2 rings (SSSR count). The third kappa shape index (κ3) is 2.47. The number of aromatic nitrogens is 1. The lowest BCUT2D eigenvalue weighted by Gasteiger charge is -2.13. The number of nitrogens with zero attached hydrogens (tertiary/aromatic N) is 1. The minimum Gasteiger partial charge on any atom is -0.365 e. The van der Waals surface area contributed by atoms with Crippen LogP contribution < -0.4 is 10.6 Å². The van der Waals surface area contributed by atoms with E-state index in [1.165, 1.54) is 0 Å². The zero-order valence-corrected chi connectivity index (χ0v) is 9.97. The molecule has 1 aliphatic rings. The highest BCUT2D eigenvalue weighted by Gasteiger charge is 2.21. The summed E-state index contributed by atoms with van der Waals surface area (Å²) >= 11 is 3.36. The Balaban J connectivity index is 2.07. The molecular weight excluding hydrogens is 258 g/mol. The molecule has 1 saturated heterocycles. The molecule has 2 N–H and O–H groups in total. The van der Waals surface area contributed by atoms with Crippen LogP contribution in [-0.4, -0.2) is 23.5 Å². The van der Waals surface area contributed by atoms with Crippen LogP contribution in [0, 0.1) is 6.92 Å². The molecule has 1 unspecified atom stereocenters. The Hall–Kier alpha value is -1.10. The third-order valence-corrected chi connectivity index (χ3v) is 2.80. The Morgan fingerprint density at radius 1 is 1.67 bits per heavy atom. The molecule has 15 heavy (non-hydrogen) atoms. The number of carbonyl (C=O) groups excluding carboxylic acids is 1. The van der Waals surface area contributed by atoms with Crippen molar-refractivity contribution in [2.24, 2.45) is 0 Å². The van der Waals surface area contributed by atoms with Crippen LogP contribution in [0.4, 0.5) is 5.82 Å². The van der Waals surface area contributed by atoms with Crippen LogP contribution in [0.25, 0.3) is 0 Å². The van der Waals surface area contributed by atoms with Crippen LogP contribution in [0.15, 0.2) is 16.7 Å². The van der Waals surface area contributed by atoms with E-state index >= 15 is 0 Å². The van der Waals surface area contributed by atoms with E-state index in [9.17, 15) is 4.79 Å². The van der Waals surface area contributed by atoms with E-state index in [1.807, 2.05) is 13.0 Å². The van der Waals surface area contributed by atoms with E-state index < -0.39 is 0 Å². The van der Waals surface area contributed by atoms with Gasteiger partial charge in [0.05, 0.1) is 6.04 Å². The zero-order valence-electron chi connectivity index (χ0n) is 8.38. The van der Waals surface area contributed by atoms with Crippen LogP contribution in [-0.2, 0) is 4.79 Å². The quantitative estimate of drug-likeness (QED) is 0.855. The van der Waals surface area contributed by atoms with Gasteiger partial charge in [0.15, 0.2) is 0 Å². The van der Waals surface area contributed by atoms with Crippen LogP contribution >= 0.6 is 15.9 Å². The van der Waals surface area contributed by atoms with Gasteiger partial charge in [0, 0.05) is 23.6 Å². The van der Waals surface area contributed by atoms with Crippen molar-refractivity contribution in [3.8, 4) is 0 Å².